The van der Waals surface area contributed by atoms with E-state index in [1.54, 1.807) is 60.7 Å². The minimum atomic E-state index is -4.00. The van der Waals surface area contributed by atoms with E-state index in [0.29, 0.717) is 16.8 Å². The van der Waals surface area contributed by atoms with Gasteiger partial charge in [0.2, 0.25) is 26.0 Å². The Hall–Kier alpha value is -3.77. The first-order chi connectivity index (χ1) is 19.1. The minimum Gasteiger partial charge on any atom is -0.348 e. The van der Waals surface area contributed by atoms with Crippen LogP contribution in [0.1, 0.15) is 35.2 Å². The zero-order valence-corrected chi connectivity index (χ0v) is 23.5. The molecular formula is C29H30N4O5S2. The number of sulfonamides is 2. The van der Waals surface area contributed by atoms with Crippen molar-refractivity contribution >= 4 is 42.4 Å². The van der Waals surface area contributed by atoms with Crippen LogP contribution in [0.25, 0.3) is 10.8 Å². The van der Waals surface area contributed by atoms with Crippen molar-refractivity contribution in [1.29, 1.82) is 0 Å². The summed E-state index contributed by atoms with van der Waals surface area (Å²) in [6.45, 7) is 0.244. The normalized spacial score (nSPS) is 17.2. The molecule has 5 rings (SSSR count). The average molecular weight is 579 g/mol. The fourth-order valence-electron chi connectivity index (χ4n) is 4.91. The first-order valence-electron chi connectivity index (χ1n) is 12.7. The SMILES string of the molecule is CN1c2cc(CN)ccc2C(NC(=O)C[C@@H](NS(=O)(=O)c2ccc3ccccc3c2)c2ccccc2)CS1(=O)=O. The van der Waals surface area contributed by atoms with Gasteiger partial charge < -0.3 is 11.1 Å². The summed E-state index contributed by atoms with van der Waals surface area (Å²) in [4.78, 5) is 13.4. The van der Waals surface area contributed by atoms with Gasteiger partial charge in [0.1, 0.15) is 0 Å². The maximum absolute atomic E-state index is 13.4. The largest absolute Gasteiger partial charge is 0.348 e. The monoisotopic (exact) mass is 578 g/mol. The lowest BCUT2D eigenvalue weighted by molar-refractivity contribution is -0.122. The number of nitrogens with one attached hydrogen (secondary N) is 2. The third kappa shape index (κ3) is 5.73. The number of rotatable bonds is 8. The van der Waals surface area contributed by atoms with Crippen LogP contribution in [0.5, 0.6) is 0 Å². The molecule has 9 nitrogen and oxygen atoms in total. The summed E-state index contributed by atoms with van der Waals surface area (Å²) in [7, 11) is -6.22. The van der Waals surface area contributed by atoms with Crippen LogP contribution >= 0.6 is 0 Å². The summed E-state index contributed by atoms with van der Waals surface area (Å²) >= 11 is 0. The molecule has 0 bridgehead atoms. The predicted molar refractivity (Wildman–Crippen MR) is 155 cm³/mol. The Morgan fingerprint density at radius 1 is 0.975 bits per heavy atom. The second-order valence-corrected chi connectivity index (χ2v) is 13.5. The Bertz CT molecular complexity index is 1780. The van der Waals surface area contributed by atoms with Gasteiger partial charge in [-0.15, -0.1) is 0 Å². The molecule has 1 heterocycles. The molecule has 1 unspecified atom stereocenters. The fraction of sp³-hybridized carbons (Fsp3) is 0.207. The molecule has 0 fully saturated rings. The van der Waals surface area contributed by atoms with Crippen LogP contribution < -0.4 is 20.1 Å². The van der Waals surface area contributed by atoms with Crippen molar-refractivity contribution in [2.24, 2.45) is 5.73 Å². The smallest absolute Gasteiger partial charge is 0.241 e. The molecule has 4 aromatic carbocycles. The Morgan fingerprint density at radius 2 is 1.68 bits per heavy atom. The molecule has 0 saturated heterocycles. The molecule has 0 aliphatic carbocycles. The van der Waals surface area contributed by atoms with E-state index in [9.17, 15) is 21.6 Å². The number of fused-ring (bicyclic) bond motifs is 2. The van der Waals surface area contributed by atoms with Crippen LogP contribution in [0.15, 0.2) is 95.9 Å². The lowest BCUT2D eigenvalue weighted by Gasteiger charge is -2.33. The van der Waals surface area contributed by atoms with Crippen LogP contribution in [0.4, 0.5) is 5.69 Å². The van der Waals surface area contributed by atoms with Crippen molar-refractivity contribution in [2.45, 2.75) is 29.9 Å². The molecule has 1 aliphatic heterocycles. The molecule has 0 saturated carbocycles. The van der Waals surface area contributed by atoms with E-state index in [1.165, 1.54) is 17.4 Å². The van der Waals surface area contributed by atoms with Gasteiger partial charge in [-0.2, -0.15) is 0 Å². The highest BCUT2D eigenvalue weighted by Crippen LogP contribution is 2.35. The standard InChI is InChI=1S/C29H30N4O5S2/c1-33-28-15-20(18-30)11-14-25(28)27(19-39(33,35)36)31-29(34)17-26(22-8-3-2-4-9-22)32-40(37,38)24-13-12-21-7-5-6-10-23(21)16-24/h2-16,26-27,32H,17-19,30H2,1H3,(H,31,34)/t26-,27?/m1/s1. The van der Waals surface area contributed by atoms with Gasteiger partial charge in [-0.25, -0.2) is 21.6 Å². The predicted octanol–water partition coefficient (Wildman–Crippen LogP) is 3.35. The van der Waals surface area contributed by atoms with Gasteiger partial charge in [0, 0.05) is 20.0 Å². The van der Waals surface area contributed by atoms with Crippen LogP contribution in [0.2, 0.25) is 0 Å². The maximum atomic E-state index is 13.4. The third-order valence-corrected chi connectivity index (χ3v) is 10.4. The van der Waals surface area contributed by atoms with E-state index >= 15 is 0 Å². The van der Waals surface area contributed by atoms with Crippen molar-refractivity contribution < 1.29 is 21.6 Å². The van der Waals surface area contributed by atoms with Crippen LogP contribution in [0.3, 0.4) is 0 Å². The van der Waals surface area contributed by atoms with E-state index in [1.807, 2.05) is 24.3 Å². The molecule has 1 amide bonds. The number of amides is 1. The number of carbonyl (C=O) groups excluding carboxylic acids is 1. The van der Waals surface area contributed by atoms with E-state index in [2.05, 4.69) is 10.0 Å². The second kappa shape index (κ2) is 11.0. The number of carbonyl (C=O) groups is 1. The van der Waals surface area contributed by atoms with Gasteiger partial charge >= 0.3 is 0 Å². The van der Waals surface area contributed by atoms with Crippen LogP contribution in [0, 0.1) is 0 Å². The summed E-state index contributed by atoms with van der Waals surface area (Å²) in [5.41, 5.74) is 8.22. The van der Waals surface area contributed by atoms with Crippen molar-refractivity contribution in [2.75, 3.05) is 17.1 Å². The molecule has 11 heteroatoms. The summed E-state index contributed by atoms with van der Waals surface area (Å²) in [6, 6.07) is 24.7. The Kier molecular flexibility index (Phi) is 7.65. The molecule has 2 atom stereocenters. The van der Waals surface area contributed by atoms with Gasteiger partial charge in [-0.1, -0.05) is 72.8 Å². The number of nitrogens with two attached hydrogens (primary N) is 1. The average Bonchev–Trinajstić information content (AvgIpc) is 2.95. The quantitative estimate of drug-likeness (QED) is 0.293. The highest BCUT2D eigenvalue weighted by molar-refractivity contribution is 7.92. The highest BCUT2D eigenvalue weighted by Gasteiger charge is 2.35. The Morgan fingerprint density at radius 3 is 2.40 bits per heavy atom. The first kappa shape index (κ1) is 27.8. The van der Waals surface area contributed by atoms with Gasteiger partial charge in [-0.3, -0.25) is 9.10 Å². The maximum Gasteiger partial charge on any atom is 0.241 e. The summed E-state index contributed by atoms with van der Waals surface area (Å²) in [5.74, 6) is -0.808. The molecule has 0 radical (unpaired) electrons. The van der Waals surface area contributed by atoms with Gasteiger partial charge in [0.05, 0.1) is 28.4 Å². The summed E-state index contributed by atoms with van der Waals surface area (Å²) < 4.78 is 56.5. The first-order valence-corrected chi connectivity index (χ1v) is 15.8. The van der Waals surface area contributed by atoms with E-state index in [-0.39, 0.29) is 23.6 Å². The van der Waals surface area contributed by atoms with Crippen LogP contribution in [-0.4, -0.2) is 35.5 Å². The van der Waals surface area contributed by atoms with E-state index < -0.39 is 38.0 Å². The zero-order chi connectivity index (χ0) is 28.5. The van der Waals surface area contributed by atoms with Gasteiger partial charge in [0.25, 0.3) is 0 Å². The lowest BCUT2D eigenvalue weighted by Crippen LogP contribution is -2.44. The minimum absolute atomic E-state index is 0.0820. The number of hydrogen-bond donors (Lipinski definition) is 3. The second-order valence-electron chi connectivity index (χ2n) is 9.76. The third-order valence-electron chi connectivity index (χ3n) is 7.10. The molecule has 40 heavy (non-hydrogen) atoms. The van der Waals surface area contributed by atoms with Crippen molar-refractivity contribution in [3.63, 3.8) is 0 Å². The number of hydrogen-bond acceptors (Lipinski definition) is 6. The molecule has 4 N–H and O–H groups in total. The van der Waals surface area contributed by atoms with Gasteiger partial charge in [0.15, 0.2) is 0 Å². The topological polar surface area (TPSA) is 139 Å². The van der Waals surface area contributed by atoms with Crippen molar-refractivity contribution in [3.8, 4) is 0 Å². The molecule has 0 aromatic heterocycles. The van der Waals surface area contributed by atoms with Crippen molar-refractivity contribution in [1.82, 2.24) is 10.0 Å². The lowest BCUT2D eigenvalue weighted by atomic mass is 10.0. The molecule has 208 valence electrons. The number of benzene rings is 4. The van der Waals surface area contributed by atoms with Crippen LogP contribution in [-0.2, 0) is 31.4 Å². The highest BCUT2D eigenvalue weighted by atomic mass is 32.2. The zero-order valence-electron chi connectivity index (χ0n) is 21.8. The molecule has 0 spiro atoms. The summed E-state index contributed by atoms with van der Waals surface area (Å²) in [6.07, 6.45) is -0.237. The van der Waals surface area contributed by atoms with E-state index in [0.717, 1.165) is 16.3 Å². The fourth-order valence-corrected chi connectivity index (χ4v) is 7.53. The molecule has 4 aromatic rings. The Labute approximate surface area is 234 Å². The summed E-state index contributed by atoms with van der Waals surface area (Å²) in [5, 5.41) is 4.51. The van der Waals surface area contributed by atoms with Crippen molar-refractivity contribution in [3.05, 3.63) is 108 Å². The number of anilines is 1. The molecular weight excluding hydrogens is 548 g/mol. The number of nitrogens with zero attached hydrogens (tertiary/aromatic N) is 1. The Balaban J connectivity index is 1.41. The van der Waals surface area contributed by atoms with E-state index in [4.69, 9.17) is 5.73 Å². The molecule has 1 aliphatic rings. The van der Waals surface area contributed by atoms with Gasteiger partial charge in [-0.05, 0) is 45.7 Å².